The maximum absolute atomic E-state index is 13.5. The van der Waals surface area contributed by atoms with E-state index in [9.17, 15) is 9.59 Å². The lowest BCUT2D eigenvalue weighted by Gasteiger charge is -2.19. The molecule has 0 saturated carbocycles. The molecule has 55 heavy (non-hydrogen) atoms. The number of para-hydroxylation sites is 1. The fourth-order valence-corrected chi connectivity index (χ4v) is 7.33. The molecule has 1 aliphatic rings. The molecule has 6 aromatic carbocycles. The predicted molar refractivity (Wildman–Crippen MR) is 219 cm³/mol. The number of rotatable bonds is 9. The molecule has 2 aromatic heterocycles. The molecule has 2 amide bonds. The number of ether oxygens (including phenoxy) is 1. The zero-order valence-electron chi connectivity index (χ0n) is 30.5. The molecule has 9 rings (SSSR count). The highest BCUT2D eigenvalue weighted by atomic mass is 16.5. The van der Waals surface area contributed by atoms with Gasteiger partial charge in [0.2, 0.25) is 5.91 Å². The molecule has 0 fully saturated rings. The number of carbonyl (C=O) groups is 2. The van der Waals surface area contributed by atoms with E-state index in [0.29, 0.717) is 5.82 Å². The van der Waals surface area contributed by atoms with E-state index >= 15 is 0 Å². The van der Waals surface area contributed by atoms with E-state index in [2.05, 4.69) is 99.2 Å². The van der Waals surface area contributed by atoms with Crippen LogP contribution >= 0.6 is 0 Å². The molecule has 1 atom stereocenters. The Kier molecular flexibility index (Phi) is 10.2. The van der Waals surface area contributed by atoms with Crippen LogP contribution in [0.4, 0.5) is 4.79 Å². The molecule has 2 heterocycles. The van der Waals surface area contributed by atoms with Gasteiger partial charge in [-0.2, -0.15) is 0 Å². The van der Waals surface area contributed by atoms with Gasteiger partial charge >= 0.3 is 6.09 Å². The molecule has 272 valence electrons. The SMILES string of the molecule is Cc1ccc2ccccc2c1.O=C(NC(Cc1c[nH]c2ccccc12)C(=O)NCc1ncc(-c2ccccc2)[nH]1)OCC1c2ccccc2-c2ccccc21. The molecule has 8 aromatic rings. The van der Waals surface area contributed by atoms with Crippen molar-refractivity contribution < 1.29 is 14.3 Å². The average molecular weight is 724 g/mol. The van der Waals surface area contributed by atoms with Crippen LogP contribution in [0.15, 0.2) is 158 Å². The van der Waals surface area contributed by atoms with Gasteiger partial charge in [0, 0.05) is 29.4 Å². The number of carbonyl (C=O) groups excluding carboxylic acids is 2. The van der Waals surface area contributed by atoms with Gasteiger partial charge in [-0.15, -0.1) is 0 Å². The molecular weight excluding hydrogens is 683 g/mol. The van der Waals surface area contributed by atoms with Crippen LogP contribution in [-0.4, -0.2) is 39.6 Å². The van der Waals surface area contributed by atoms with E-state index in [1.54, 1.807) is 6.20 Å². The van der Waals surface area contributed by atoms with Gasteiger partial charge in [-0.25, -0.2) is 9.78 Å². The number of benzene rings is 6. The molecule has 0 spiro atoms. The van der Waals surface area contributed by atoms with Gasteiger partial charge in [0.15, 0.2) is 0 Å². The Labute approximate surface area is 319 Å². The van der Waals surface area contributed by atoms with Crippen molar-refractivity contribution in [1.82, 2.24) is 25.6 Å². The quantitative estimate of drug-likeness (QED) is 0.119. The van der Waals surface area contributed by atoms with Crippen molar-refractivity contribution in [3.05, 3.63) is 186 Å². The van der Waals surface area contributed by atoms with Crippen molar-refractivity contribution in [3.63, 3.8) is 0 Å². The Bertz CT molecular complexity index is 2550. The Balaban J connectivity index is 0.000000332. The summed E-state index contributed by atoms with van der Waals surface area (Å²) in [6.07, 6.45) is 3.27. The highest BCUT2D eigenvalue weighted by Gasteiger charge is 2.30. The Morgan fingerprint density at radius 2 is 1.44 bits per heavy atom. The third kappa shape index (κ3) is 7.89. The van der Waals surface area contributed by atoms with Gasteiger partial charge in [0.05, 0.1) is 18.4 Å². The highest BCUT2D eigenvalue weighted by Crippen LogP contribution is 2.44. The number of H-pyrrole nitrogens is 2. The maximum Gasteiger partial charge on any atom is 0.407 e. The first-order chi connectivity index (χ1) is 27.0. The van der Waals surface area contributed by atoms with Crippen LogP contribution < -0.4 is 10.6 Å². The number of imidazole rings is 1. The van der Waals surface area contributed by atoms with Gasteiger partial charge in [-0.1, -0.05) is 145 Å². The monoisotopic (exact) mass is 723 g/mol. The molecule has 1 unspecified atom stereocenters. The van der Waals surface area contributed by atoms with Crippen LogP contribution in [0.5, 0.6) is 0 Å². The number of fused-ring (bicyclic) bond motifs is 5. The second-order valence-corrected chi connectivity index (χ2v) is 13.8. The van der Waals surface area contributed by atoms with Gasteiger partial charge in [0.25, 0.3) is 0 Å². The van der Waals surface area contributed by atoms with Crippen LogP contribution in [0.25, 0.3) is 44.1 Å². The summed E-state index contributed by atoms with van der Waals surface area (Å²) in [6, 6.07) is 48.2. The molecule has 0 saturated heterocycles. The summed E-state index contributed by atoms with van der Waals surface area (Å²) in [4.78, 5) is 37.7. The van der Waals surface area contributed by atoms with Gasteiger partial charge in [0.1, 0.15) is 18.5 Å². The van der Waals surface area contributed by atoms with Crippen molar-refractivity contribution in [2.75, 3.05) is 6.61 Å². The molecule has 0 bridgehead atoms. The van der Waals surface area contributed by atoms with E-state index < -0.39 is 12.1 Å². The first-order valence-corrected chi connectivity index (χ1v) is 18.5. The molecule has 8 heteroatoms. The van der Waals surface area contributed by atoms with E-state index in [1.807, 2.05) is 85.1 Å². The smallest absolute Gasteiger partial charge is 0.407 e. The minimum atomic E-state index is -0.867. The average Bonchev–Trinajstić information content (AvgIpc) is 3.96. The number of aromatic amines is 2. The Hall–Kier alpha value is -6.93. The van der Waals surface area contributed by atoms with Crippen LogP contribution in [0.3, 0.4) is 0 Å². The Morgan fingerprint density at radius 1 is 0.764 bits per heavy atom. The van der Waals surface area contributed by atoms with Crippen LogP contribution in [0.2, 0.25) is 0 Å². The number of hydrogen-bond donors (Lipinski definition) is 4. The van der Waals surface area contributed by atoms with Crippen molar-refractivity contribution >= 4 is 33.7 Å². The first-order valence-electron chi connectivity index (χ1n) is 18.5. The van der Waals surface area contributed by atoms with Gasteiger partial charge in [-0.05, 0) is 57.1 Å². The maximum atomic E-state index is 13.5. The number of aromatic nitrogens is 3. The number of nitrogens with one attached hydrogen (secondary N) is 4. The number of aryl methyl sites for hydroxylation is 1. The number of hydrogen-bond acceptors (Lipinski definition) is 4. The number of nitrogens with zero attached hydrogens (tertiary/aromatic N) is 1. The molecule has 1 aliphatic carbocycles. The predicted octanol–water partition coefficient (Wildman–Crippen LogP) is 9.47. The molecular formula is C47H41N5O3. The first kappa shape index (κ1) is 35.1. The largest absolute Gasteiger partial charge is 0.449 e. The standard InChI is InChI=1S/C36H31N5O3.C11H10/c42-35(39-21-34-38-20-33(40-34)23-10-2-1-3-11-23)32(18-24-19-37-31-17-9-8-12-25(24)31)41-36(43)44-22-30-28-15-6-4-13-26(28)27-14-5-7-16-29(27)30;1-9-6-7-10-4-2-3-5-11(10)8-9/h1-17,19-20,30,32,37H,18,21-22H2,(H,38,40)(H,39,42)(H,41,43);2-8H,1H3. The summed E-state index contributed by atoms with van der Waals surface area (Å²) >= 11 is 0. The summed E-state index contributed by atoms with van der Waals surface area (Å²) < 4.78 is 5.79. The van der Waals surface area contributed by atoms with Crippen molar-refractivity contribution in [2.24, 2.45) is 0 Å². The van der Waals surface area contributed by atoms with E-state index in [0.717, 1.165) is 50.0 Å². The summed E-state index contributed by atoms with van der Waals surface area (Å²) in [5.74, 6) is 0.206. The van der Waals surface area contributed by atoms with Crippen molar-refractivity contribution in [1.29, 1.82) is 0 Å². The van der Waals surface area contributed by atoms with Gasteiger partial charge < -0.3 is 25.3 Å². The lowest BCUT2D eigenvalue weighted by atomic mass is 9.98. The zero-order valence-corrected chi connectivity index (χ0v) is 30.5. The van der Waals surface area contributed by atoms with Crippen LogP contribution in [-0.2, 0) is 22.5 Å². The van der Waals surface area contributed by atoms with Crippen LogP contribution in [0, 0.1) is 6.92 Å². The lowest BCUT2D eigenvalue weighted by molar-refractivity contribution is -0.123. The topological polar surface area (TPSA) is 112 Å². The lowest BCUT2D eigenvalue weighted by Crippen LogP contribution is -2.48. The second-order valence-electron chi connectivity index (χ2n) is 13.8. The normalized spacial score (nSPS) is 12.3. The molecule has 4 N–H and O–H groups in total. The minimum Gasteiger partial charge on any atom is -0.449 e. The molecule has 0 radical (unpaired) electrons. The highest BCUT2D eigenvalue weighted by molar-refractivity contribution is 5.88. The van der Waals surface area contributed by atoms with E-state index in [-0.39, 0.29) is 31.4 Å². The molecule has 0 aliphatic heterocycles. The van der Waals surface area contributed by atoms with Gasteiger partial charge in [-0.3, -0.25) is 4.79 Å². The van der Waals surface area contributed by atoms with E-state index in [1.165, 1.54) is 16.3 Å². The summed E-state index contributed by atoms with van der Waals surface area (Å²) in [7, 11) is 0. The Morgan fingerprint density at radius 3 is 2.22 bits per heavy atom. The number of alkyl carbamates (subject to hydrolysis) is 1. The van der Waals surface area contributed by atoms with Crippen molar-refractivity contribution in [2.45, 2.75) is 31.8 Å². The van der Waals surface area contributed by atoms with E-state index in [4.69, 9.17) is 4.74 Å². The van der Waals surface area contributed by atoms with Crippen molar-refractivity contribution in [3.8, 4) is 22.4 Å². The third-order valence-corrected chi connectivity index (χ3v) is 10.1. The summed E-state index contributed by atoms with van der Waals surface area (Å²) in [5.41, 5.74) is 9.64. The van der Waals surface area contributed by atoms with Crippen LogP contribution in [0.1, 0.15) is 34.0 Å². The minimum absolute atomic E-state index is 0.0770. The fourth-order valence-electron chi connectivity index (χ4n) is 7.33. The number of amides is 2. The second kappa shape index (κ2) is 16.0. The molecule has 8 nitrogen and oxygen atoms in total. The fraction of sp³-hybridized carbons (Fsp3) is 0.128. The zero-order chi connectivity index (χ0) is 37.6. The summed E-state index contributed by atoms with van der Waals surface area (Å²) in [6.45, 7) is 2.46. The third-order valence-electron chi connectivity index (χ3n) is 10.1. The summed E-state index contributed by atoms with van der Waals surface area (Å²) in [5, 5.41) is 9.42.